The fraction of sp³-hybridized carbons (Fsp3) is 0.357. The summed E-state index contributed by atoms with van der Waals surface area (Å²) in [6.07, 6.45) is 2.37. The van der Waals surface area contributed by atoms with E-state index in [2.05, 4.69) is 24.0 Å². The van der Waals surface area contributed by atoms with Crippen LogP contribution in [0.2, 0.25) is 0 Å². The normalized spacial score (nSPS) is 15.9. The van der Waals surface area contributed by atoms with Gasteiger partial charge in [0.25, 0.3) is 0 Å². The van der Waals surface area contributed by atoms with Gasteiger partial charge in [0.05, 0.1) is 0 Å². The molecule has 0 bridgehead atoms. The van der Waals surface area contributed by atoms with Crippen LogP contribution in [0.5, 0.6) is 5.75 Å². The predicted molar refractivity (Wildman–Crippen MR) is 74.8 cm³/mol. The van der Waals surface area contributed by atoms with Crippen LogP contribution < -0.4 is 14.1 Å². The summed E-state index contributed by atoms with van der Waals surface area (Å²) < 4.78 is 7.74. The first-order chi connectivity index (χ1) is 8.69. The van der Waals surface area contributed by atoms with E-state index >= 15 is 0 Å². The molecule has 0 fully saturated rings. The van der Waals surface area contributed by atoms with Crippen molar-refractivity contribution in [1.29, 1.82) is 0 Å². The number of nitrogens with zero attached hydrogens (tertiary/aromatic N) is 1. The van der Waals surface area contributed by atoms with Crippen LogP contribution in [0.4, 0.5) is 5.69 Å². The van der Waals surface area contributed by atoms with Crippen LogP contribution in [-0.4, -0.2) is 34.4 Å². The molecule has 0 saturated carbocycles. The van der Waals surface area contributed by atoms with Crippen LogP contribution in [0.15, 0.2) is 28.9 Å². The minimum absolute atomic E-state index is 0.199. The van der Waals surface area contributed by atoms with Gasteiger partial charge in [-0.25, -0.2) is 0 Å². The molecule has 0 N–H and O–H groups in total. The molecule has 1 aromatic carbocycles. The number of allylic oxidation sites excluding steroid dienone is 1. The molecule has 0 spiro atoms. The number of anilines is 1. The molecule has 4 heteroatoms. The zero-order chi connectivity index (χ0) is 13.1. The van der Waals surface area contributed by atoms with Gasteiger partial charge in [0.1, 0.15) is 0 Å². The summed E-state index contributed by atoms with van der Waals surface area (Å²) in [4.78, 5) is 13.8. The van der Waals surface area contributed by atoms with E-state index in [1.807, 2.05) is 13.0 Å². The van der Waals surface area contributed by atoms with Crippen molar-refractivity contribution in [3.63, 3.8) is 0 Å². The molecule has 0 amide bonds. The number of fused-ring (bicyclic) bond motifs is 1. The molecule has 96 valence electrons. The van der Waals surface area contributed by atoms with Crippen molar-refractivity contribution in [3.8, 4) is 5.75 Å². The number of carbonyl (C=O) groups excluding carboxylic acids is 1. The van der Waals surface area contributed by atoms with Crippen LogP contribution in [-0.2, 0) is 4.79 Å². The predicted octanol–water partition coefficient (Wildman–Crippen LogP) is 1.69. The monoisotopic (exact) mass is 311 g/mol. The molecule has 0 aromatic heterocycles. The molecule has 1 aliphatic rings. The summed E-state index contributed by atoms with van der Waals surface area (Å²) in [7, 11) is 1.68. The summed E-state index contributed by atoms with van der Waals surface area (Å²) in [5.74, 6) is 1.07. The number of ether oxygens (including phenoxy) is 1. The van der Waals surface area contributed by atoms with Gasteiger partial charge in [-0.3, -0.25) is 0 Å². The second-order valence-electron chi connectivity index (χ2n) is 3.98. The summed E-state index contributed by atoms with van der Waals surface area (Å²) in [6.45, 7) is 4.88. The van der Waals surface area contributed by atoms with Crippen LogP contribution in [0.25, 0.3) is 0 Å². The fourth-order valence-corrected chi connectivity index (χ4v) is 4.32. The quantitative estimate of drug-likeness (QED) is 0.626. The van der Waals surface area contributed by atoms with Crippen LogP contribution in [0.3, 0.4) is 0 Å². The summed E-state index contributed by atoms with van der Waals surface area (Å²) in [5, 5.41) is 0. The van der Waals surface area contributed by atoms with E-state index < -0.39 is 0 Å². The Morgan fingerprint density at radius 1 is 1.44 bits per heavy atom. The number of carbonyl (C=O) groups is 1. The molecule has 0 aliphatic carbocycles. The average molecular weight is 310 g/mol. The Morgan fingerprint density at radius 2 is 2.22 bits per heavy atom. The first kappa shape index (κ1) is 13.2. The number of hydrogen-bond donors (Lipinski definition) is 0. The Balaban J connectivity index is 2.37. The molecule has 0 atom stereocenters. The number of methoxy groups -OCH3 is 1. The van der Waals surface area contributed by atoms with Crippen molar-refractivity contribution < 1.29 is 9.53 Å². The third-order valence-electron chi connectivity index (χ3n) is 2.89. The molecule has 0 unspecified atom stereocenters. The number of ketones is 1. The third-order valence-corrected chi connectivity index (χ3v) is 5.22. The van der Waals surface area contributed by atoms with Crippen LogP contribution >= 0.6 is 0 Å². The van der Waals surface area contributed by atoms with Crippen molar-refractivity contribution in [2.24, 2.45) is 0 Å². The Hall–Kier alpha value is -1.25. The van der Waals surface area contributed by atoms with Gasteiger partial charge in [-0.1, -0.05) is 0 Å². The second-order valence-corrected chi connectivity index (χ2v) is 6.21. The van der Waals surface area contributed by atoms with E-state index in [-0.39, 0.29) is 20.7 Å². The van der Waals surface area contributed by atoms with Gasteiger partial charge in [0.15, 0.2) is 0 Å². The van der Waals surface area contributed by atoms with Gasteiger partial charge in [0, 0.05) is 0 Å². The third kappa shape index (κ3) is 2.45. The Morgan fingerprint density at radius 3 is 2.83 bits per heavy atom. The van der Waals surface area contributed by atoms with Crippen molar-refractivity contribution in [1.82, 2.24) is 0 Å². The van der Waals surface area contributed by atoms with Gasteiger partial charge in [-0.2, -0.15) is 0 Å². The Bertz CT molecular complexity index is 497. The van der Waals surface area contributed by atoms with Gasteiger partial charge in [-0.15, -0.1) is 0 Å². The van der Waals surface area contributed by atoms with E-state index in [0.717, 1.165) is 16.9 Å². The van der Waals surface area contributed by atoms with Crippen molar-refractivity contribution in [2.75, 3.05) is 18.6 Å². The van der Waals surface area contributed by atoms with Gasteiger partial charge in [-0.05, 0) is 0 Å². The van der Waals surface area contributed by atoms with Gasteiger partial charge < -0.3 is 0 Å². The summed E-state index contributed by atoms with van der Waals surface area (Å²) >= 11 is 0.225. The van der Waals surface area contributed by atoms with Crippen LogP contribution in [0.1, 0.15) is 20.3 Å². The second kappa shape index (κ2) is 5.59. The maximum absolute atomic E-state index is 11.6. The fourth-order valence-electron chi connectivity index (χ4n) is 1.88. The summed E-state index contributed by atoms with van der Waals surface area (Å²) in [6, 6.07) is 6.14. The van der Waals surface area contributed by atoms with Crippen molar-refractivity contribution in [3.05, 3.63) is 28.9 Å². The molecular weight excluding hydrogens is 293 g/mol. The summed E-state index contributed by atoms with van der Waals surface area (Å²) in [5.41, 5.74) is 1.19. The van der Waals surface area contributed by atoms with Gasteiger partial charge in [0.2, 0.25) is 0 Å². The molecule has 0 radical (unpaired) electrons. The molecular formula is C14H17NO2Se. The van der Waals surface area contributed by atoms with E-state index in [4.69, 9.17) is 4.74 Å². The zero-order valence-electron chi connectivity index (χ0n) is 10.9. The Kier molecular flexibility index (Phi) is 4.10. The molecule has 3 nitrogen and oxygen atoms in total. The molecule has 2 rings (SSSR count). The number of hydrogen-bond acceptors (Lipinski definition) is 3. The molecule has 0 saturated heterocycles. The van der Waals surface area contributed by atoms with E-state index in [1.165, 1.54) is 10.1 Å². The maximum atomic E-state index is 11.6. The topological polar surface area (TPSA) is 29.5 Å². The zero-order valence-corrected chi connectivity index (χ0v) is 12.6. The number of benzene rings is 1. The van der Waals surface area contributed by atoms with Crippen molar-refractivity contribution >= 4 is 30.9 Å². The molecule has 1 aliphatic heterocycles. The first-order valence-electron chi connectivity index (χ1n) is 6.07. The number of rotatable bonds is 4. The molecule has 1 heterocycles. The van der Waals surface area contributed by atoms with Crippen molar-refractivity contribution in [2.45, 2.75) is 20.3 Å². The SMILES string of the molecule is CCC(=O)/C=C1/[Se]c2ccc(OC)cc2N1CC. The first-order valence-corrected chi connectivity index (χ1v) is 7.78. The van der Waals surface area contributed by atoms with E-state index in [9.17, 15) is 4.79 Å². The van der Waals surface area contributed by atoms with Crippen LogP contribution in [0, 0.1) is 0 Å². The minimum atomic E-state index is 0.199. The molecule has 1 aromatic rings. The average Bonchev–Trinajstić information content (AvgIpc) is 2.74. The standard InChI is InChI=1S/C14H17NO2Se/c1-4-10(16)8-14-15(5-2)12-9-11(17-3)6-7-13(12)18-14/h6-9H,4-5H2,1-3H3/b14-8+. The Labute approximate surface area is 114 Å². The van der Waals surface area contributed by atoms with E-state index in [1.54, 1.807) is 13.2 Å². The van der Waals surface area contributed by atoms with Gasteiger partial charge >= 0.3 is 114 Å². The van der Waals surface area contributed by atoms with E-state index in [0.29, 0.717) is 6.42 Å². The molecule has 18 heavy (non-hydrogen) atoms.